The topological polar surface area (TPSA) is 91.1 Å². The zero-order valence-electron chi connectivity index (χ0n) is 10.2. The van der Waals surface area contributed by atoms with Gasteiger partial charge < -0.3 is 21.1 Å². The maximum atomic E-state index is 12.0. The number of aromatic nitrogens is 1. The molecule has 1 heterocycles. The molecular formula is C13H17N3O2. The van der Waals surface area contributed by atoms with Crippen molar-refractivity contribution < 1.29 is 9.90 Å². The normalized spacial score (nSPS) is 14.4. The number of carbonyl (C=O) groups excluding carboxylic acids is 1. The molecule has 0 fully saturated rings. The second-order valence-electron chi connectivity index (χ2n) is 4.36. The Morgan fingerprint density at radius 3 is 3.00 bits per heavy atom. The molecule has 1 aromatic carbocycles. The molecule has 0 saturated heterocycles. The number of fused-ring (bicyclic) bond motifs is 1. The van der Waals surface area contributed by atoms with Crippen LogP contribution in [-0.4, -0.2) is 34.7 Å². The van der Waals surface area contributed by atoms with Gasteiger partial charge in [-0.2, -0.15) is 0 Å². The molecule has 0 saturated carbocycles. The number of aliphatic hydroxyl groups is 1. The smallest absolute Gasteiger partial charge is 0.253 e. The van der Waals surface area contributed by atoms with Gasteiger partial charge in [0.15, 0.2) is 0 Å². The first-order valence-corrected chi connectivity index (χ1v) is 5.87. The Morgan fingerprint density at radius 1 is 1.50 bits per heavy atom. The Labute approximate surface area is 105 Å². The van der Waals surface area contributed by atoms with Gasteiger partial charge >= 0.3 is 0 Å². The molecule has 5 heteroatoms. The fourth-order valence-electron chi connectivity index (χ4n) is 1.75. The molecule has 2 atom stereocenters. The van der Waals surface area contributed by atoms with E-state index >= 15 is 0 Å². The number of hydrogen-bond acceptors (Lipinski definition) is 3. The molecular weight excluding hydrogens is 230 g/mol. The molecule has 1 amide bonds. The van der Waals surface area contributed by atoms with Crippen molar-refractivity contribution in [3.05, 3.63) is 36.0 Å². The molecule has 0 spiro atoms. The number of rotatable bonds is 4. The van der Waals surface area contributed by atoms with E-state index in [0.29, 0.717) is 5.56 Å². The van der Waals surface area contributed by atoms with Gasteiger partial charge in [0.1, 0.15) is 0 Å². The number of aromatic amines is 1. The SMILES string of the molecule is CC(O)C(N)CNC(=O)c1cccc2cc[nH]c12. The third-order valence-corrected chi connectivity index (χ3v) is 2.95. The standard InChI is InChI=1S/C13H17N3O2/c1-8(17)11(14)7-16-13(18)10-4-2-3-9-5-6-15-12(9)10/h2-6,8,11,15,17H,7,14H2,1H3,(H,16,18). The van der Waals surface area contributed by atoms with Gasteiger partial charge in [-0.05, 0) is 19.1 Å². The number of H-pyrrole nitrogens is 1. The van der Waals surface area contributed by atoms with E-state index in [2.05, 4.69) is 10.3 Å². The molecule has 0 aliphatic heterocycles. The van der Waals surface area contributed by atoms with Crippen LogP contribution in [0.3, 0.4) is 0 Å². The number of amides is 1. The van der Waals surface area contributed by atoms with Gasteiger partial charge in [0.2, 0.25) is 0 Å². The van der Waals surface area contributed by atoms with Crippen LogP contribution >= 0.6 is 0 Å². The minimum Gasteiger partial charge on any atom is -0.392 e. The molecule has 18 heavy (non-hydrogen) atoms. The second kappa shape index (κ2) is 5.20. The summed E-state index contributed by atoms with van der Waals surface area (Å²) in [6.07, 6.45) is 1.15. The fourth-order valence-corrected chi connectivity index (χ4v) is 1.75. The number of hydrogen-bond donors (Lipinski definition) is 4. The minimum atomic E-state index is -0.647. The van der Waals surface area contributed by atoms with E-state index in [-0.39, 0.29) is 12.5 Å². The lowest BCUT2D eigenvalue weighted by atomic mass is 10.1. The predicted octanol–water partition coefficient (Wildman–Crippen LogP) is 0.606. The second-order valence-corrected chi connectivity index (χ2v) is 4.36. The molecule has 2 rings (SSSR count). The summed E-state index contributed by atoms with van der Waals surface area (Å²) in [6.45, 7) is 1.84. The first-order valence-electron chi connectivity index (χ1n) is 5.87. The van der Waals surface area contributed by atoms with Gasteiger partial charge in [-0.1, -0.05) is 12.1 Å². The average Bonchev–Trinajstić information content (AvgIpc) is 2.83. The number of nitrogens with one attached hydrogen (secondary N) is 2. The maximum absolute atomic E-state index is 12.0. The molecule has 96 valence electrons. The zero-order chi connectivity index (χ0) is 13.1. The van der Waals surface area contributed by atoms with E-state index in [4.69, 9.17) is 5.73 Å². The number of carbonyl (C=O) groups is 1. The lowest BCUT2D eigenvalue weighted by molar-refractivity contribution is 0.0939. The van der Waals surface area contributed by atoms with Crippen LogP contribution in [0.5, 0.6) is 0 Å². The number of para-hydroxylation sites is 1. The fraction of sp³-hybridized carbons (Fsp3) is 0.308. The van der Waals surface area contributed by atoms with Crippen molar-refractivity contribution in [2.24, 2.45) is 5.73 Å². The van der Waals surface area contributed by atoms with Crippen molar-refractivity contribution in [3.63, 3.8) is 0 Å². The molecule has 2 aromatic rings. The largest absolute Gasteiger partial charge is 0.392 e. The Bertz CT molecular complexity index is 548. The van der Waals surface area contributed by atoms with Crippen LogP contribution in [-0.2, 0) is 0 Å². The highest BCUT2D eigenvalue weighted by atomic mass is 16.3. The quantitative estimate of drug-likeness (QED) is 0.638. The van der Waals surface area contributed by atoms with Gasteiger partial charge in [-0.3, -0.25) is 4.79 Å². The summed E-state index contributed by atoms with van der Waals surface area (Å²) in [5, 5.41) is 13.0. The van der Waals surface area contributed by atoms with Gasteiger partial charge in [-0.15, -0.1) is 0 Å². The maximum Gasteiger partial charge on any atom is 0.253 e. The Balaban J connectivity index is 2.12. The molecule has 0 radical (unpaired) electrons. The summed E-state index contributed by atoms with van der Waals surface area (Å²) in [6, 6.07) is 6.97. The highest BCUT2D eigenvalue weighted by Gasteiger charge is 2.14. The van der Waals surface area contributed by atoms with Gasteiger partial charge in [0.25, 0.3) is 5.91 Å². The first kappa shape index (κ1) is 12.6. The highest BCUT2D eigenvalue weighted by Crippen LogP contribution is 2.16. The van der Waals surface area contributed by atoms with Crippen LogP contribution in [0, 0.1) is 0 Å². The van der Waals surface area contributed by atoms with Crippen molar-refractivity contribution in [2.45, 2.75) is 19.1 Å². The van der Waals surface area contributed by atoms with Gasteiger partial charge in [0, 0.05) is 24.2 Å². The van der Waals surface area contributed by atoms with E-state index in [9.17, 15) is 9.90 Å². The van der Waals surface area contributed by atoms with E-state index < -0.39 is 12.1 Å². The van der Waals surface area contributed by atoms with Gasteiger partial charge in [-0.25, -0.2) is 0 Å². The van der Waals surface area contributed by atoms with Crippen molar-refractivity contribution in [2.75, 3.05) is 6.54 Å². The Hall–Kier alpha value is -1.85. The van der Waals surface area contributed by atoms with Crippen LogP contribution in [0.25, 0.3) is 10.9 Å². The average molecular weight is 247 g/mol. The Kier molecular flexibility index (Phi) is 3.64. The molecule has 1 aromatic heterocycles. The number of aliphatic hydroxyl groups excluding tert-OH is 1. The lowest BCUT2D eigenvalue weighted by Crippen LogP contribution is -2.43. The molecule has 2 unspecified atom stereocenters. The van der Waals surface area contributed by atoms with Crippen molar-refractivity contribution in [1.29, 1.82) is 0 Å². The summed E-state index contributed by atoms with van der Waals surface area (Å²) >= 11 is 0. The monoisotopic (exact) mass is 247 g/mol. The summed E-state index contributed by atoms with van der Waals surface area (Å²) < 4.78 is 0. The zero-order valence-corrected chi connectivity index (χ0v) is 10.2. The third-order valence-electron chi connectivity index (χ3n) is 2.95. The summed E-state index contributed by atoms with van der Waals surface area (Å²) in [7, 11) is 0. The predicted molar refractivity (Wildman–Crippen MR) is 70.3 cm³/mol. The third kappa shape index (κ3) is 2.52. The number of nitrogens with two attached hydrogens (primary N) is 1. The minimum absolute atomic E-state index is 0.195. The molecule has 0 aliphatic rings. The molecule has 0 bridgehead atoms. The van der Waals surface area contributed by atoms with Gasteiger partial charge in [0.05, 0.1) is 17.2 Å². The summed E-state index contributed by atoms with van der Waals surface area (Å²) in [5.41, 5.74) is 7.05. The molecule has 5 nitrogen and oxygen atoms in total. The van der Waals surface area contributed by atoms with Crippen molar-refractivity contribution in [3.8, 4) is 0 Å². The van der Waals surface area contributed by atoms with E-state index in [0.717, 1.165) is 10.9 Å². The lowest BCUT2D eigenvalue weighted by Gasteiger charge is -2.15. The van der Waals surface area contributed by atoms with E-state index in [1.54, 1.807) is 19.2 Å². The first-order chi connectivity index (χ1) is 8.59. The Morgan fingerprint density at radius 2 is 2.28 bits per heavy atom. The van der Waals surface area contributed by atoms with Crippen LogP contribution in [0.2, 0.25) is 0 Å². The van der Waals surface area contributed by atoms with Crippen LogP contribution < -0.4 is 11.1 Å². The number of benzene rings is 1. The van der Waals surface area contributed by atoms with Crippen LogP contribution in [0.15, 0.2) is 30.5 Å². The van der Waals surface area contributed by atoms with E-state index in [1.165, 1.54) is 0 Å². The summed E-state index contributed by atoms with van der Waals surface area (Å²) in [4.78, 5) is 15.1. The highest BCUT2D eigenvalue weighted by molar-refractivity contribution is 6.05. The van der Waals surface area contributed by atoms with Crippen LogP contribution in [0.1, 0.15) is 17.3 Å². The van der Waals surface area contributed by atoms with E-state index in [1.807, 2.05) is 18.2 Å². The molecule has 0 aliphatic carbocycles. The van der Waals surface area contributed by atoms with Crippen LogP contribution in [0.4, 0.5) is 0 Å². The van der Waals surface area contributed by atoms with Crippen molar-refractivity contribution >= 4 is 16.8 Å². The van der Waals surface area contributed by atoms with Crippen molar-refractivity contribution in [1.82, 2.24) is 10.3 Å². The summed E-state index contributed by atoms with van der Waals surface area (Å²) in [5.74, 6) is -0.195. The molecule has 5 N–H and O–H groups in total.